The number of carbonyl (C=O) groups is 2. The lowest BCUT2D eigenvalue weighted by Gasteiger charge is -2.16. The molecule has 0 aromatic heterocycles. The topological polar surface area (TPSA) is 75.6 Å². The highest BCUT2D eigenvalue weighted by atomic mass is 35.5. The highest BCUT2D eigenvalue weighted by Crippen LogP contribution is 2.34. The number of hydrogen-bond donors (Lipinski definition) is 2. The fraction of sp³-hybridized carbons (Fsp3) is 0.333. The number of nitrogens with one attached hydrogen (secondary N) is 1. The van der Waals surface area contributed by atoms with Crippen LogP contribution in [0.4, 0.5) is 13.2 Å². The predicted octanol–water partition coefficient (Wildman–Crippen LogP) is 5.53. The van der Waals surface area contributed by atoms with Gasteiger partial charge in [-0.05, 0) is 36.3 Å². The molecule has 1 aliphatic rings. The number of hydrogen-bond acceptors (Lipinski definition) is 5. The van der Waals surface area contributed by atoms with Crippen LogP contribution in [0.1, 0.15) is 24.5 Å². The van der Waals surface area contributed by atoms with E-state index in [1.807, 2.05) is 6.92 Å². The third-order valence-corrected chi connectivity index (χ3v) is 6.89. The van der Waals surface area contributed by atoms with E-state index in [9.17, 15) is 27.9 Å². The molecule has 0 unspecified atom stereocenters. The van der Waals surface area contributed by atoms with Crippen molar-refractivity contribution in [2.45, 2.75) is 26.1 Å². The molecule has 5 nitrogen and oxygen atoms in total. The van der Waals surface area contributed by atoms with Crippen molar-refractivity contribution in [1.82, 2.24) is 5.32 Å². The summed E-state index contributed by atoms with van der Waals surface area (Å²) in [6, 6.07) is 4.81. The maximum Gasteiger partial charge on any atom is 0.416 e. The van der Waals surface area contributed by atoms with Gasteiger partial charge >= 0.3 is 12.1 Å². The van der Waals surface area contributed by atoms with E-state index in [1.54, 1.807) is 6.08 Å². The minimum atomic E-state index is -4.45. The van der Waals surface area contributed by atoms with Crippen LogP contribution < -0.4 is 5.32 Å². The summed E-state index contributed by atoms with van der Waals surface area (Å²) in [6.45, 7) is 1.75. The van der Waals surface area contributed by atoms with E-state index in [-0.39, 0.29) is 33.8 Å². The largest absolute Gasteiger partial charge is 0.488 e. The number of halogens is 4. The summed E-state index contributed by atoms with van der Waals surface area (Å²) >= 11 is 8.57. The predicted molar refractivity (Wildman–Crippen MR) is 121 cm³/mol. The van der Waals surface area contributed by atoms with Gasteiger partial charge in [-0.1, -0.05) is 30.7 Å². The molecule has 2 rings (SSSR count). The second kappa shape index (κ2) is 12.3. The summed E-state index contributed by atoms with van der Waals surface area (Å²) in [5.41, 5.74) is -0.433. The fourth-order valence-corrected chi connectivity index (χ4v) is 4.98. The van der Waals surface area contributed by atoms with Crippen LogP contribution in [0.25, 0.3) is 0 Å². The molecule has 174 valence electrons. The van der Waals surface area contributed by atoms with Crippen LogP contribution in [0.5, 0.6) is 0 Å². The van der Waals surface area contributed by atoms with Gasteiger partial charge in [0, 0.05) is 18.1 Å². The second-order valence-corrected chi connectivity index (χ2v) is 9.00. The lowest BCUT2D eigenvalue weighted by Crippen LogP contribution is -2.27. The average Bonchev–Trinajstić information content (AvgIpc) is 2.76. The number of aliphatic carboxylic acids is 1. The van der Waals surface area contributed by atoms with Crippen LogP contribution in [-0.2, 0) is 27.1 Å². The number of allylic oxidation sites excluding steroid dienone is 2. The fourth-order valence-electron chi connectivity index (χ4n) is 2.57. The number of thioether (sulfide) groups is 2. The van der Waals surface area contributed by atoms with Gasteiger partial charge in [-0.3, -0.25) is 4.79 Å². The van der Waals surface area contributed by atoms with Crippen molar-refractivity contribution >= 4 is 47.0 Å². The zero-order valence-electron chi connectivity index (χ0n) is 17.0. The molecule has 1 aromatic rings. The maximum absolute atomic E-state index is 12.9. The zero-order valence-corrected chi connectivity index (χ0v) is 19.4. The summed E-state index contributed by atoms with van der Waals surface area (Å²) in [7, 11) is 0. The van der Waals surface area contributed by atoms with E-state index in [1.165, 1.54) is 30.0 Å². The average molecular weight is 508 g/mol. The van der Waals surface area contributed by atoms with Gasteiger partial charge in [0.25, 0.3) is 5.91 Å². The molecule has 11 heteroatoms. The first-order chi connectivity index (χ1) is 15.1. The van der Waals surface area contributed by atoms with Crippen LogP contribution in [0.15, 0.2) is 57.0 Å². The summed E-state index contributed by atoms with van der Waals surface area (Å²) in [4.78, 5) is 23.8. The third-order valence-electron chi connectivity index (χ3n) is 4.00. The molecule has 0 bridgehead atoms. The SMILES string of the molecule is CC/C=C(OCc1cccc(C(F)(F)F)c1)\C(Cl)=C/CNC(=O)C1=C(C(=O)O)SCCS1. The first-order valence-electron chi connectivity index (χ1n) is 9.50. The third kappa shape index (κ3) is 7.83. The minimum absolute atomic E-state index is 0.0183. The molecule has 0 aliphatic carbocycles. The Balaban J connectivity index is 2.01. The van der Waals surface area contributed by atoms with Crippen LogP contribution >= 0.6 is 35.1 Å². The summed E-state index contributed by atoms with van der Waals surface area (Å²) < 4.78 is 44.2. The van der Waals surface area contributed by atoms with Crippen molar-refractivity contribution in [3.8, 4) is 0 Å². The normalized spacial score (nSPS) is 15.5. The number of amides is 1. The quantitative estimate of drug-likeness (QED) is 0.338. The number of carboxylic acid groups (broad SMARTS) is 1. The van der Waals surface area contributed by atoms with Crippen molar-refractivity contribution in [2.75, 3.05) is 18.1 Å². The summed E-state index contributed by atoms with van der Waals surface area (Å²) in [5.74, 6) is -0.131. The lowest BCUT2D eigenvalue weighted by molar-refractivity contribution is -0.137. The Labute approximate surface area is 197 Å². The number of carbonyl (C=O) groups excluding carboxylic acids is 1. The van der Waals surface area contributed by atoms with E-state index in [4.69, 9.17) is 16.3 Å². The first kappa shape index (κ1) is 26.2. The molecule has 0 fully saturated rings. The number of ether oxygens (including phenoxy) is 1. The van der Waals surface area contributed by atoms with Crippen molar-refractivity contribution in [2.24, 2.45) is 0 Å². The highest BCUT2D eigenvalue weighted by Gasteiger charge is 2.30. The highest BCUT2D eigenvalue weighted by molar-refractivity contribution is 8.11. The van der Waals surface area contributed by atoms with Gasteiger partial charge in [0.15, 0.2) is 0 Å². The molecule has 1 aliphatic heterocycles. The molecule has 1 amide bonds. The van der Waals surface area contributed by atoms with Crippen molar-refractivity contribution in [1.29, 1.82) is 0 Å². The molecular formula is C21H21ClF3NO4S2. The van der Waals surface area contributed by atoms with Crippen molar-refractivity contribution in [3.05, 3.63) is 68.1 Å². The molecule has 32 heavy (non-hydrogen) atoms. The van der Waals surface area contributed by atoms with Crippen LogP contribution in [-0.4, -0.2) is 35.0 Å². The second-order valence-electron chi connectivity index (χ2n) is 6.39. The Kier molecular flexibility index (Phi) is 10.0. The van der Waals surface area contributed by atoms with Gasteiger partial charge in [-0.15, -0.1) is 23.5 Å². The molecule has 0 spiro atoms. The van der Waals surface area contributed by atoms with E-state index < -0.39 is 23.6 Å². The number of rotatable bonds is 9. The molecule has 0 saturated carbocycles. The number of alkyl halides is 3. The lowest BCUT2D eigenvalue weighted by atomic mass is 10.1. The molecule has 0 radical (unpaired) electrons. The summed E-state index contributed by atoms with van der Waals surface area (Å²) in [6.07, 6.45) is -0.725. The monoisotopic (exact) mass is 507 g/mol. The zero-order chi connectivity index (χ0) is 23.7. The Morgan fingerprint density at radius 3 is 2.53 bits per heavy atom. The standard InChI is InChI=1S/C21H21ClF3NO4S2/c1-2-4-16(30-12-13-5-3-6-14(11-13)21(23,24)25)15(22)7-8-26-19(27)17-18(20(28)29)32-10-9-31-17/h3-7,11H,2,8-10,12H2,1H3,(H,26,27)(H,28,29)/b15-7+,16-4+. The number of benzene rings is 1. The van der Waals surface area contributed by atoms with E-state index in [2.05, 4.69) is 5.32 Å². The molecule has 0 atom stereocenters. The van der Waals surface area contributed by atoms with E-state index >= 15 is 0 Å². The van der Waals surface area contributed by atoms with Gasteiger partial charge in [0.1, 0.15) is 17.3 Å². The number of carboxylic acids is 1. The van der Waals surface area contributed by atoms with Gasteiger partial charge in [-0.2, -0.15) is 13.2 Å². The van der Waals surface area contributed by atoms with Gasteiger partial charge in [0.05, 0.1) is 15.5 Å². The molecule has 2 N–H and O–H groups in total. The van der Waals surface area contributed by atoms with Gasteiger partial charge < -0.3 is 15.2 Å². The van der Waals surface area contributed by atoms with Crippen LogP contribution in [0, 0.1) is 0 Å². The van der Waals surface area contributed by atoms with Crippen molar-refractivity contribution in [3.63, 3.8) is 0 Å². The molecule has 0 saturated heterocycles. The molecule has 1 aromatic carbocycles. The van der Waals surface area contributed by atoms with Gasteiger partial charge in [-0.25, -0.2) is 4.79 Å². The minimum Gasteiger partial charge on any atom is -0.488 e. The Hall–Kier alpha value is -2.04. The molecule has 1 heterocycles. The Morgan fingerprint density at radius 1 is 1.22 bits per heavy atom. The Morgan fingerprint density at radius 2 is 1.91 bits per heavy atom. The Bertz CT molecular complexity index is 945. The first-order valence-corrected chi connectivity index (χ1v) is 11.8. The van der Waals surface area contributed by atoms with Crippen LogP contribution in [0.3, 0.4) is 0 Å². The summed E-state index contributed by atoms with van der Waals surface area (Å²) in [5, 5.41) is 12.0. The molecular weight excluding hydrogens is 487 g/mol. The van der Waals surface area contributed by atoms with Gasteiger partial charge in [0.2, 0.25) is 0 Å². The smallest absolute Gasteiger partial charge is 0.416 e. The van der Waals surface area contributed by atoms with Crippen molar-refractivity contribution < 1.29 is 32.6 Å². The van der Waals surface area contributed by atoms with Crippen LogP contribution in [0.2, 0.25) is 0 Å². The van der Waals surface area contributed by atoms with E-state index in [0.717, 1.165) is 23.9 Å². The van der Waals surface area contributed by atoms with E-state index in [0.29, 0.717) is 23.5 Å². The maximum atomic E-state index is 12.9.